The first kappa shape index (κ1) is 8.52. The van der Waals surface area contributed by atoms with Crippen LogP contribution >= 0.6 is 0 Å². The van der Waals surface area contributed by atoms with Gasteiger partial charge in [-0.2, -0.15) is 0 Å². The molecule has 2 rings (SSSR count). The second kappa shape index (κ2) is 3.75. The molecule has 2 fully saturated rings. The van der Waals surface area contributed by atoms with Crippen molar-refractivity contribution in [2.45, 2.75) is 44.8 Å². The average Bonchev–Trinajstić information content (AvgIpc) is 2.81. The van der Waals surface area contributed by atoms with Gasteiger partial charge in [-0.15, -0.1) is 0 Å². The second-order valence-electron chi connectivity index (χ2n) is 4.15. The van der Waals surface area contributed by atoms with Crippen molar-refractivity contribution in [3.8, 4) is 0 Å². The van der Waals surface area contributed by atoms with Gasteiger partial charge < -0.3 is 10.1 Å². The summed E-state index contributed by atoms with van der Waals surface area (Å²) >= 11 is 0. The summed E-state index contributed by atoms with van der Waals surface area (Å²) in [6, 6.07) is 0.717. The maximum Gasteiger partial charge on any atom is 0.0714 e. The lowest BCUT2D eigenvalue weighted by Gasteiger charge is -2.09. The number of hydrogen-bond acceptors (Lipinski definition) is 2. The van der Waals surface area contributed by atoms with E-state index in [-0.39, 0.29) is 0 Å². The monoisotopic (exact) mass is 169 g/mol. The summed E-state index contributed by atoms with van der Waals surface area (Å²) in [6.45, 7) is 4.33. The van der Waals surface area contributed by atoms with Crippen LogP contribution in [0.15, 0.2) is 0 Å². The summed E-state index contributed by atoms with van der Waals surface area (Å²) in [5, 5.41) is 3.48. The summed E-state index contributed by atoms with van der Waals surface area (Å²) in [5.41, 5.74) is 0. The zero-order valence-electron chi connectivity index (χ0n) is 7.88. The normalized spacial score (nSPS) is 35.8. The molecule has 0 unspecified atom stereocenters. The quantitative estimate of drug-likeness (QED) is 0.689. The summed E-state index contributed by atoms with van der Waals surface area (Å²) < 4.78 is 5.80. The first-order valence-electron chi connectivity index (χ1n) is 5.23. The predicted molar refractivity (Wildman–Crippen MR) is 49.2 cm³/mol. The molecule has 0 radical (unpaired) electrons. The molecule has 0 aromatic rings. The molecule has 2 nitrogen and oxygen atoms in total. The molecule has 12 heavy (non-hydrogen) atoms. The first-order valence-corrected chi connectivity index (χ1v) is 5.23. The highest BCUT2D eigenvalue weighted by atomic mass is 16.5. The molecule has 1 heterocycles. The van der Waals surface area contributed by atoms with Crippen LogP contribution in [0.1, 0.15) is 32.6 Å². The van der Waals surface area contributed by atoms with Crippen molar-refractivity contribution in [1.29, 1.82) is 0 Å². The molecule has 1 saturated heterocycles. The molecule has 0 bridgehead atoms. The van der Waals surface area contributed by atoms with E-state index in [2.05, 4.69) is 12.2 Å². The lowest BCUT2D eigenvalue weighted by atomic mass is 10.1. The SMILES string of the molecule is CC[C@H]1C[C@@H](OCC2CC2)CN1. The Hall–Kier alpha value is -0.0800. The van der Waals surface area contributed by atoms with Crippen LogP contribution in [-0.2, 0) is 4.74 Å². The summed E-state index contributed by atoms with van der Waals surface area (Å²) in [4.78, 5) is 0. The van der Waals surface area contributed by atoms with Gasteiger partial charge in [-0.3, -0.25) is 0 Å². The maximum atomic E-state index is 5.80. The van der Waals surface area contributed by atoms with E-state index >= 15 is 0 Å². The van der Waals surface area contributed by atoms with E-state index in [0.29, 0.717) is 12.1 Å². The van der Waals surface area contributed by atoms with E-state index in [0.717, 1.165) is 19.1 Å². The molecule has 0 aromatic carbocycles. The Morgan fingerprint density at radius 2 is 2.25 bits per heavy atom. The van der Waals surface area contributed by atoms with Gasteiger partial charge in [0.05, 0.1) is 6.10 Å². The Morgan fingerprint density at radius 3 is 2.83 bits per heavy atom. The Bertz CT molecular complexity index is 145. The van der Waals surface area contributed by atoms with Gasteiger partial charge >= 0.3 is 0 Å². The number of nitrogens with one attached hydrogen (secondary N) is 1. The van der Waals surface area contributed by atoms with Crippen LogP contribution in [0.3, 0.4) is 0 Å². The number of rotatable bonds is 4. The zero-order chi connectivity index (χ0) is 8.39. The first-order chi connectivity index (χ1) is 5.88. The molecule has 2 aliphatic rings. The minimum Gasteiger partial charge on any atom is -0.377 e. The summed E-state index contributed by atoms with van der Waals surface area (Å²) in [7, 11) is 0. The zero-order valence-corrected chi connectivity index (χ0v) is 7.88. The largest absolute Gasteiger partial charge is 0.377 e. The molecule has 1 aliphatic carbocycles. The Kier molecular flexibility index (Phi) is 2.66. The van der Waals surface area contributed by atoms with Gasteiger partial charge in [-0.05, 0) is 31.6 Å². The van der Waals surface area contributed by atoms with Gasteiger partial charge in [-0.1, -0.05) is 6.92 Å². The number of ether oxygens (including phenoxy) is 1. The molecule has 2 heteroatoms. The predicted octanol–water partition coefficient (Wildman–Crippen LogP) is 1.55. The third-order valence-corrected chi connectivity index (χ3v) is 2.94. The summed E-state index contributed by atoms with van der Waals surface area (Å²) in [6.07, 6.45) is 5.77. The van der Waals surface area contributed by atoms with Crippen molar-refractivity contribution in [2.75, 3.05) is 13.2 Å². The third-order valence-electron chi connectivity index (χ3n) is 2.94. The fourth-order valence-corrected chi connectivity index (χ4v) is 1.78. The summed E-state index contributed by atoms with van der Waals surface area (Å²) in [5.74, 6) is 0.908. The van der Waals surface area contributed by atoms with Crippen molar-refractivity contribution in [1.82, 2.24) is 5.32 Å². The van der Waals surface area contributed by atoms with E-state index in [9.17, 15) is 0 Å². The van der Waals surface area contributed by atoms with Crippen molar-refractivity contribution < 1.29 is 4.74 Å². The lowest BCUT2D eigenvalue weighted by Crippen LogP contribution is -2.20. The van der Waals surface area contributed by atoms with E-state index < -0.39 is 0 Å². The number of hydrogen-bond donors (Lipinski definition) is 1. The van der Waals surface area contributed by atoms with E-state index in [1.54, 1.807) is 0 Å². The van der Waals surface area contributed by atoms with E-state index in [1.165, 1.54) is 25.7 Å². The van der Waals surface area contributed by atoms with Crippen molar-refractivity contribution in [3.05, 3.63) is 0 Å². The van der Waals surface area contributed by atoms with Crippen LogP contribution in [0.5, 0.6) is 0 Å². The molecule has 0 spiro atoms. The maximum absolute atomic E-state index is 5.80. The van der Waals surface area contributed by atoms with Crippen LogP contribution in [0, 0.1) is 5.92 Å². The Labute approximate surface area is 74.7 Å². The topological polar surface area (TPSA) is 21.3 Å². The van der Waals surface area contributed by atoms with Crippen LogP contribution in [0.25, 0.3) is 0 Å². The van der Waals surface area contributed by atoms with Gasteiger partial charge in [0.1, 0.15) is 0 Å². The highest BCUT2D eigenvalue weighted by Crippen LogP contribution is 2.29. The van der Waals surface area contributed by atoms with Gasteiger partial charge in [0.25, 0.3) is 0 Å². The van der Waals surface area contributed by atoms with Crippen molar-refractivity contribution in [3.63, 3.8) is 0 Å². The molecule has 1 aliphatic heterocycles. The molecular weight excluding hydrogens is 150 g/mol. The van der Waals surface area contributed by atoms with Gasteiger partial charge in [0.2, 0.25) is 0 Å². The lowest BCUT2D eigenvalue weighted by molar-refractivity contribution is 0.0577. The molecular formula is C10H19NO. The van der Waals surface area contributed by atoms with E-state index in [4.69, 9.17) is 4.74 Å². The Balaban J connectivity index is 1.61. The van der Waals surface area contributed by atoms with E-state index in [1.807, 2.05) is 0 Å². The fourth-order valence-electron chi connectivity index (χ4n) is 1.78. The van der Waals surface area contributed by atoms with Crippen molar-refractivity contribution in [2.24, 2.45) is 5.92 Å². The third kappa shape index (κ3) is 2.20. The van der Waals surface area contributed by atoms with Crippen LogP contribution in [0.4, 0.5) is 0 Å². The van der Waals surface area contributed by atoms with Crippen LogP contribution in [0.2, 0.25) is 0 Å². The molecule has 0 amide bonds. The highest BCUT2D eigenvalue weighted by Gasteiger charge is 2.27. The minimum absolute atomic E-state index is 0.510. The van der Waals surface area contributed by atoms with Crippen LogP contribution < -0.4 is 5.32 Å². The second-order valence-corrected chi connectivity index (χ2v) is 4.15. The van der Waals surface area contributed by atoms with Gasteiger partial charge in [0.15, 0.2) is 0 Å². The molecule has 0 aromatic heterocycles. The van der Waals surface area contributed by atoms with Gasteiger partial charge in [0, 0.05) is 19.2 Å². The Morgan fingerprint density at radius 1 is 1.42 bits per heavy atom. The highest BCUT2D eigenvalue weighted by molar-refractivity contribution is 4.82. The molecule has 70 valence electrons. The van der Waals surface area contributed by atoms with Gasteiger partial charge in [-0.25, -0.2) is 0 Å². The van der Waals surface area contributed by atoms with Crippen molar-refractivity contribution >= 4 is 0 Å². The van der Waals surface area contributed by atoms with Crippen LogP contribution in [-0.4, -0.2) is 25.3 Å². The standard InChI is InChI=1S/C10H19NO/c1-2-9-5-10(6-11-9)12-7-8-3-4-8/h8-11H,2-7H2,1H3/t9-,10+/m0/s1. The molecule has 2 atom stereocenters. The minimum atomic E-state index is 0.510. The molecule has 1 N–H and O–H groups in total. The smallest absolute Gasteiger partial charge is 0.0714 e. The fraction of sp³-hybridized carbons (Fsp3) is 1.00. The molecule has 1 saturated carbocycles. The average molecular weight is 169 g/mol.